The Morgan fingerprint density at radius 1 is 1.19 bits per heavy atom. The van der Waals surface area contributed by atoms with E-state index in [1.165, 1.54) is 6.07 Å². The van der Waals surface area contributed by atoms with E-state index in [4.69, 9.17) is 4.74 Å². The highest BCUT2D eigenvalue weighted by Crippen LogP contribution is 2.34. The predicted molar refractivity (Wildman–Crippen MR) is 115 cm³/mol. The highest BCUT2D eigenvalue weighted by atomic mass is 19.1. The van der Waals surface area contributed by atoms with Crippen LogP contribution in [0.15, 0.2) is 42.5 Å². The summed E-state index contributed by atoms with van der Waals surface area (Å²) >= 11 is 0. The van der Waals surface area contributed by atoms with Gasteiger partial charge >= 0.3 is 0 Å². The Balaban J connectivity index is 1.48. The lowest BCUT2D eigenvalue weighted by Gasteiger charge is -2.36. The summed E-state index contributed by atoms with van der Waals surface area (Å²) < 4.78 is 20.1. The van der Waals surface area contributed by atoms with Gasteiger partial charge in [-0.1, -0.05) is 18.2 Å². The molecule has 2 aromatic rings. The van der Waals surface area contributed by atoms with E-state index in [2.05, 4.69) is 5.32 Å². The van der Waals surface area contributed by atoms with Crippen LogP contribution < -0.4 is 10.2 Å². The third-order valence-corrected chi connectivity index (χ3v) is 5.73. The second-order valence-electron chi connectivity index (χ2n) is 7.74. The SMILES string of the molecule is O=C(c1ccccc1)N1CCN(c2cc(NC[C@H]3CCCO3)c(F)cc2[N+](=O)[O-])CC1. The number of amides is 1. The summed E-state index contributed by atoms with van der Waals surface area (Å²) in [6, 6.07) is 11.5. The first-order valence-electron chi connectivity index (χ1n) is 10.5. The lowest BCUT2D eigenvalue weighted by Crippen LogP contribution is -2.49. The van der Waals surface area contributed by atoms with E-state index < -0.39 is 10.7 Å². The number of nitrogens with one attached hydrogen (secondary N) is 1. The number of carbonyl (C=O) groups is 1. The van der Waals surface area contributed by atoms with Crippen molar-refractivity contribution in [2.45, 2.75) is 18.9 Å². The van der Waals surface area contributed by atoms with Gasteiger partial charge in [-0.25, -0.2) is 4.39 Å². The molecule has 1 amide bonds. The van der Waals surface area contributed by atoms with Crippen LogP contribution in [-0.4, -0.2) is 61.2 Å². The maximum absolute atomic E-state index is 14.5. The van der Waals surface area contributed by atoms with Gasteiger partial charge in [-0.2, -0.15) is 0 Å². The Morgan fingerprint density at radius 2 is 1.94 bits per heavy atom. The molecule has 8 nitrogen and oxygen atoms in total. The molecule has 0 radical (unpaired) electrons. The number of carbonyl (C=O) groups excluding carboxylic acids is 1. The summed E-state index contributed by atoms with van der Waals surface area (Å²) in [5.74, 6) is -0.723. The minimum Gasteiger partial charge on any atom is -0.380 e. The zero-order chi connectivity index (χ0) is 21.8. The molecule has 31 heavy (non-hydrogen) atoms. The number of nitrogens with zero attached hydrogens (tertiary/aromatic N) is 3. The highest BCUT2D eigenvalue weighted by Gasteiger charge is 2.28. The molecule has 1 atom stereocenters. The van der Waals surface area contributed by atoms with E-state index >= 15 is 0 Å². The first-order valence-corrected chi connectivity index (χ1v) is 10.5. The number of halogens is 1. The average Bonchev–Trinajstić information content (AvgIpc) is 3.32. The summed E-state index contributed by atoms with van der Waals surface area (Å²) in [4.78, 5) is 27.2. The Labute approximate surface area is 179 Å². The molecular weight excluding hydrogens is 403 g/mol. The molecule has 0 saturated carbocycles. The number of piperazine rings is 1. The molecule has 0 aromatic heterocycles. The van der Waals surface area contributed by atoms with Crippen molar-refractivity contribution in [2.75, 3.05) is 49.5 Å². The van der Waals surface area contributed by atoms with E-state index in [1.807, 2.05) is 23.1 Å². The molecule has 9 heteroatoms. The molecule has 2 aromatic carbocycles. The largest absolute Gasteiger partial charge is 0.380 e. The zero-order valence-electron chi connectivity index (χ0n) is 17.1. The van der Waals surface area contributed by atoms with Gasteiger partial charge in [-0.05, 0) is 31.0 Å². The molecular formula is C22H25FN4O4. The molecule has 2 fully saturated rings. The van der Waals surface area contributed by atoms with E-state index in [9.17, 15) is 19.3 Å². The van der Waals surface area contributed by atoms with Crippen molar-refractivity contribution in [2.24, 2.45) is 0 Å². The van der Waals surface area contributed by atoms with Crippen molar-refractivity contribution >= 4 is 23.0 Å². The van der Waals surface area contributed by atoms with Crippen LogP contribution in [0.3, 0.4) is 0 Å². The van der Waals surface area contributed by atoms with Crippen LogP contribution in [0.5, 0.6) is 0 Å². The van der Waals surface area contributed by atoms with Crippen molar-refractivity contribution in [3.63, 3.8) is 0 Å². The zero-order valence-corrected chi connectivity index (χ0v) is 17.1. The normalized spacial score (nSPS) is 18.8. The fourth-order valence-corrected chi connectivity index (χ4v) is 4.03. The fourth-order valence-electron chi connectivity index (χ4n) is 4.03. The van der Waals surface area contributed by atoms with Crippen LogP contribution in [0.25, 0.3) is 0 Å². The number of benzene rings is 2. The van der Waals surface area contributed by atoms with Gasteiger partial charge in [-0.15, -0.1) is 0 Å². The predicted octanol–water partition coefficient (Wildman–Crippen LogP) is 3.29. The van der Waals surface area contributed by atoms with Crippen molar-refractivity contribution in [3.8, 4) is 0 Å². The van der Waals surface area contributed by atoms with Gasteiger partial charge in [0.15, 0.2) is 5.82 Å². The lowest BCUT2D eigenvalue weighted by molar-refractivity contribution is -0.384. The molecule has 4 rings (SSSR count). The van der Waals surface area contributed by atoms with Gasteiger partial charge in [0.2, 0.25) is 0 Å². The van der Waals surface area contributed by atoms with Crippen molar-refractivity contribution in [1.29, 1.82) is 0 Å². The summed E-state index contributed by atoms with van der Waals surface area (Å²) in [5, 5.41) is 14.6. The number of nitro groups is 1. The highest BCUT2D eigenvalue weighted by molar-refractivity contribution is 5.94. The Kier molecular flexibility index (Phi) is 6.31. The van der Waals surface area contributed by atoms with Crippen LogP contribution in [-0.2, 0) is 4.74 Å². The molecule has 1 N–H and O–H groups in total. The maximum Gasteiger partial charge on any atom is 0.295 e. The summed E-state index contributed by atoms with van der Waals surface area (Å²) in [5.41, 5.74) is 0.916. The minimum absolute atomic E-state index is 0.0191. The van der Waals surface area contributed by atoms with Gasteiger partial charge < -0.3 is 19.9 Å². The van der Waals surface area contributed by atoms with Crippen molar-refractivity contribution < 1.29 is 18.8 Å². The number of hydrogen-bond acceptors (Lipinski definition) is 6. The molecule has 2 aliphatic rings. The fraction of sp³-hybridized carbons (Fsp3) is 0.409. The van der Waals surface area contributed by atoms with Crippen molar-refractivity contribution in [3.05, 3.63) is 64.0 Å². The molecule has 0 aliphatic carbocycles. The first-order chi connectivity index (χ1) is 15.0. The Hall–Kier alpha value is -3.20. The first kappa shape index (κ1) is 21.0. The summed E-state index contributed by atoms with van der Waals surface area (Å²) in [7, 11) is 0. The number of anilines is 2. The molecule has 0 bridgehead atoms. The topological polar surface area (TPSA) is 88.0 Å². The van der Waals surface area contributed by atoms with Crippen LogP contribution in [0.4, 0.5) is 21.5 Å². The van der Waals surface area contributed by atoms with Gasteiger partial charge in [0.05, 0.1) is 22.8 Å². The average molecular weight is 428 g/mol. The number of nitro benzene ring substituents is 1. The third kappa shape index (κ3) is 4.77. The summed E-state index contributed by atoms with van der Waals surface area (Å²) in [6.07, 6.45) is 1.91. The minimum atomic E-state index is -0.661. The second kappa shape index (κ2) is 9.30. The third-order valence-electron chi connectivity index (χ3n) is 5.73. The molecule has 0 unspecified atom stereocenters. The molecule has 164 valence electrons. The monoisotopic (exact) mass is 428 g/mol. The molecule has 2 saturated heterocycles. The Morgan fingerprint density at radius 3 is 2.58 bits per heavy atom. The van der Waals surface area contributed by atoms with Crippen LogP contribution in [0.1, 0.15) is 23.2 Å². The van der Waals surface area contributed by atoms with E-state index in [-0.39, 0.29) is 23.4 Å². The summed E-state index contributed by atoms with van der Waals surface area (Å²) in [6.45, 7) is 2.87. The van der Waals surface area contributed by atoms with Gasteiger partial charge in [0, 0.05) is 44.9 Å². The van der Waals surface area contributed by atoms with E-state index in [0.717, 1.165) is 18.9 Å². The van der Waals surface area contributed by atoms with E-state index in [0.29, 0.717) is 50.6 Å². The molecule has 0 spiro atoms. The standard InChI is InChI=1S/C22H25FN4O4/c23-18-13-21(27(29)30)20(14-19(18)24-15-17-7-4-12-31-17)25-8-10-26(11-9-25)22(28)16-5-2-1-3-6-16/h1-3,5-6,13-14,17,24H,4,7-12,15H2/t17-/m1/s1. The number of ether oxygens (including phenoxy) is 1. The van der Waals surface area contributed by atoms with Gasteiger partial charge in [-0.3, -0.25) is 14.9 Å². The quantitative estimate of drug-likeness (QED) is 0.561. The number of hydrogen-bond donors (Lipinski definition) is 1. The van der Waals surface area contributed by atoms with Crippen LogP contribution in [0.2, 0.25) is 0 Å². The number of rotatable bonds is 6. The van der Waals surface area contributed by atoms with Crippen LogP contribution >= 0.6 is 0 Å². The van der Waals surface area contributed by atoms with E-state index in [1.54, 1.807) is 17.0 Å². The maximum atomic E-state index is 14.5. The van der Waals surface area contributed by atoms with Crippen LogP contribution in [0, 0.1) is 15.9 Å². The second-order valence-corrected chi connectivity index (χ2v) is 7.74. The van der Waals surface area contributed by atoms with Crippen molar-refractivity contribution in [1.82, 2.24) is 4.90 Å². The van der Waals surface area contributed by atoms with Gasteiger partial charge in [0.25, 0.3) is 11.6 Å². The molecule has 2 aliphatic heterocycles. The smallest absolute Gasteiger partial charge is 0.295 e. The lowest BCUT2D eigenvalue weighted by atomic mass is 10.1. The van der Waals surface area contributed by atoms with Gasteiger partial charge in [0.1, 0.15) is 5.69 Å². The Bertz CT molecular complexity index is 942. The molecule has 2 heterocycles.